The maximum absolute atomic E-state index is 11.1. The van der Waals surface area contributed by atoms with Gasteiger partial charge in [0.05, 0.1) is 10.6 Å². The van der Waals surface area contributed by atoms with Crippen LogP contribution in [-0.4, -0.2) is 32.9 Å². The van der Waals surface area contributed by atoms with Crippen molar-refractivity contribution in [3.8, 4) is 11.3 Å². The molecule has 0 aliphatic rings. The molecule has 0 spiro atoms. The summed E-state index contributed by atoms with van der Waals surface area (Å²) < 4.78 is 31.3. The molecule has 0 unspecified atom stereocenters. The molecule has 0 aliphatic carbocycles. The molecule has 0 radical (unpaired) electrons. The van der Waals surface area contributed by atoms with Gasteiger partial charge < -0.3 is 5.32 Å². The maximum Gasteiger partial charge on any atom is 0.294 e. The molecule has 0 bridgehead atoms. The van der Waals surface area contributed by atoms with Gasteiger partial charge >= 0.3 is 0 Å². The number of aromatic nitrogens is 4. The predicted molar refractivity (Wildman–Crippen MR) is 115 cm³/mol. The summed E-state index contributed by atoms with van der Waals surface area (Å²) in [5.41, 5.74) is 2.31. The zero-order valence-electron chi connectivity index (χ0n) is 15.0. The van der Waals surface area contributed by atoms with Crippen LogP contribution in [0.5, 0.6) is 0 Å². The van der Waals surface area contributed by atoms with Crippen molar-refractivity contribution in [2.45, 2.75) is 4.90 Å². The fraction of sp³-hybridized carbons (Fsp3) is 0. The Hall–Kier alpha value is -3.12. The lowest BCUT2D eigenvalue weighted by Gasteiger charge is -2.07. The van der Waals surface area contributed by atoms with Crippen LogP contribution in [0.1, 0.15) is 0 Å². The van der Waals surface area contributed by atoms with Gasteiger partial charge in [-0.25, -0.2) is 4.98 Å². The normalized spacial score (nSPS) is 11.3. The second-order valence-corrected chi connectivity index (χ2v) is 8.52. The van der Waals surface area contributed by atoms with E-state index in [9.17, 15) is 8.42 Å². The Balaban J connectivity index is 1.52. The molecule has 0 saturated carbocycles. The molecule has 4 rings (SSSR count). The first kappa shape index (κ1) is 20.2. The van der Waals surface area contributed by atoms with E-state index in [1.165, 1.54) is 35.6 Å². The SMILES string of the molecule is O=S(=O)(O)c1ccc(Nc2nc(Cl)nc(Nc3nc(-c4ccccc4)cs3)n2)cc1. The zero-order chi connectivity index (χ0) is 21.1. The summed E-state index contributed by atoms with van der Waals surface area (Å²) in [6.45, 7) is 0. The Morgan fingerprint density at radius 3 is 2.20 bits per heavy atom. The zero-order valence-corrected chi connectivity index (χ0v) is 17.4. The van der Waals surface area contributed by atoms with E-state index in [1.54, 1.807) is 0 Å². The quantitative estimate of drug-likeness (QED) is 0.358. The average Bonchev–Trinajstić information content (AvgIpc) is 3.16. The van der Waals surface area contributed by atoms with Crippen molar-refractivity contribution >= 4 is 55.8 Å². The summed E-state index contributed by atoms with van der Waals surface area (Å²) >= 11 is 7.39. The number of thiazole rings is 1. The number of hydrogen-bond donors (Lipinski definition) is 3. The van der Waals surface area contributed by atoms with E-state index in [0.717, 1.165) is 11.3 Å². The van der Waals surface area contributed by atoms with Crippen molar-refractivity contribution < 1.29 is 13.0 Å². The number of rotatable bonds is 6. The minimum atomic E-state index is -4.26. The van der Waals surface area contributed by atoms with Crippen LogP contribution < -0.4 is 10.6 Å². The van der Waals surface area contributed by atoms with Crippen LogP contribution in [0.25, 0.3) is 11.3 Å². The molecule has 12 heteroatoms. The Bertz CT molecular complexity index is 1280. The predicted octanol–water partition coefficient (Wildman–Crippen LogP) is 4.38. The van der Waals surface area contributed by atoms with E-state index >= 15 is 0 Å². The van der Waals surface area contributed by atoms with Gasteiger partial charge in [-0.1, -0.05) is 30.3 Å². The summed E-state index contributed by atoms with van der Waals surface area (Å²) in [7, 11) is -4.26. The van der Waals surface area contributed by atoms with Crippen LogP contribution in [0.4, 0.5) is 22.7 Å². The second-order valence-electron chi connectivity index (χ2n) is 5.91. The molecule has 152 valence electrons. The number of halogens is 1. The highest BCUT2D eigenvalue weighted by Crippen LogP contribution is 2.27. The molecular weight excluding hydrogens is 448 g/mol. The average molecular weight is 461 g/mol. The van der Waals surface area contributed by atoms with E-state index in [1.807, 2.05) is 35.7 Å². The fourth-order valence-electron chi connectivity index (χ4n) is 2.47. The first-order chi connectivity index (χ1) is 14.4. The molecule has 0 amide bonds. The Morgan fingerprint density at radius 1 is 0.867 bits per heavy atom. The van der Waals surface area contributed by atoms with Gasteiger partial charge in [0.15, 0.2) is 5.13 Å². The highest BCUT2D eigenvalue weighted by atomic mass is 35.5. The standard InChI is InChI=1S/C18H13ClN6O3S2/c19-15-22-16(20-12-6-8-13(9-7-12)30(26,27)28)24-17(23-15)25-18-21-14(10-29-18)11-4-2-1-3-5-11/h1-10H,(H,26,27,28)(H2,20,21,22,23,24,25). The lowest BCUT2D eigenvalue weighted by atomic mass is 10.2. The molecule has 0 saturated heterocycles. The molecule has 0 fully saturated rings. The molecule has 2 aromatic heterocycles. The number of anilines is 4. The van der Waals surface area contributed by atoms with Gasteiger partial charge in [0.25, 0.3) is 10.1 Å². The third kappa shape index (κ3) is 4.89. The monoisotopic (exact) mass is 460 g/mol. The van der Waals surface area contributed by atoms with E-state index in [-0.39, 0.29) is 22.1 Å². The summed E-state index contributed by atoms with van der Waals surface area (Å²) in [6, 6.07) is 15.2. The number of nitrogens with one attached hydrogen (secondary N) is 2. The van der Waals surface area contributed by atoms with E-state index in [0.29, 0.717) is 10.8 Å². The van der Waals surface area contributed by atoms with Crippen LogP contribution in [-0.2, 0) is 10.1 Å². The summed E-state index contributed by atoms with van der Waals surface area (Å²) in [4.78, 5) is 16.6. The van der Waals surface area contributed by atoms with Crippen LogP contribution in [0, 0.1) is 0 Å². The third-order valence-corrected chi connectivity index (χ3v) is 5.60. The van der Waals surface area contributed by atoms with Crippen LogP contribution in [0.3, 0.4) is 0 Å². The van der Waals surface area contributed by atoms with Gasteiger partial charge in [0.1, 0.15) is 0 Å². The minimum absolute atomic E-state index is 0.0376. The van der Waals surface area contributed by atoms with Gasteiger partial charge in [0.2, 0.25) is 17.2 Å². The molecule has 9 nitrogen and oxygen atoms in total. The smallest absolute Gasteiger partial charge is 0.294 e. The van der Waals surface area contributed by atoms with Gasteiger partial charge in [0, 0.05) is 16.6 Å². The van der Waals surface area contributed by atoms with E-state index < -0.39 is 10.1 Å². The van der Waals surface area contributed by atoms with Gasteiger partial charge in [-0.05, 0) is 35.9 Å². The highest BCUT2D eigenvalue weighted by molar-refractivity contribution is 7.85. The van der Waals surface area contributed by atoms with E-state index in [4.69, 9.17) is 16.2 Å². The first-order valence-corrected chi connectivity index (χ1v) is 11.1. The molecular formula is C18H13ClN6O3S2. The lowest BCUT2D eigenvalue weighted by molar-refractivity contribution is 0.483. The highest BCUT2D eigenvalue weighted by Gasteiger charge is 2.11. The van der Waals surface area contributed by atoms with Crippen molar-refractivity contribution in [3.05, 3.63) is 65.3 Å². The fourth-order valence-corrected chi connectivity index (χ4v) is 3.82. The van der Waals surface area contributed by atoms with Crippen LogP contribution in [0.2, 0.25) is 5.28 Å². The maximum atomic E-state index is 11.1. The van der Waals surface area contributed by atoms with Gasteiger partial charge in [-0.15, -0.1) is 11.3 Å². The second kappa shape index (κ2) is 8.32. The van der Waals surface area contributed by atoms with Gasteiger partial charge in [-0.2, -0.15) is 23.4 Å². The van der Waals surface area contributed by atoms with Gasteiger partial charge in [-0.3, -0.25) is 9.87 Å². The Morgan fingerprint density at radius 2 is 1.53 bits per heavy atom. The lowest BCUT2D eigenvalue weighted by Crippen LogP contribution is -2.04. The molecule has 4 aromatic rings. The van der Waals surface area contributed by atoms with Crippen LogP contribution in [0.15, 0.2) is 64.9 Å². The van der Waals surface area contributed by atoms with Crippen molar-refractivity contribution in [1.29, 1.82) is 0 Å². The first-order valence-electron chi connectivity index (χ1n) is 8.41. The van der Waals surface area contributed by atoms with Crippen molar-refractivity contribution in [2.75, 3.05) is 10.6 Å². The van der Waals surface area contributed by atoms with Crippen molar-refractivity contribution in [3.63, 3.8) is 0 Å². The van der Waals surface area contributed by atoms with E-state index in [2.05, 4.69) is 30.6 Å². The molecule has 30 heavy (non-hydrogen) atoms. The molecule has 3 N–H and O–H groups in total. The molecule has 2 heterocycles. The Labute approximate surface area is 180 Å². The molecule has 2 aromatic carbocycles. The molecule has 0 aliphatic heterocycles. The number of benzene rings is 2. The number of hydrogen-bond acceptors (Lipinski definition) is 9. The number of nitrogens with zero attached hydrogens (tertiary/aromatic N) is 4. The molecule has 0 atom stereocenters. The summed E-state index contributed by atoms with van der Waals surface area (Å²) in [5, 5.41) is 8.36. The van der Waals surface area contributed by atoms with Crippen LogP contribution >= 0.6 is 22.9 Å². The Kier molecular flexibility index (Phi) is 5.59. The van der Waals surface area contributed by atoms with Crippen molar-refractivity contribution in [2.24, 2.45) is 0 Å². The largest absolute Gasteiger partial charge is 0.324 e. The topological polar surface area (TPSA) is 130 Å². The van der Waals surface area contributed by atoms with Crippen molar-refractivity contribution in [1.82, 2.24) is 19.9 Å². The summed E-state index contributed by atoms with van der Waals surface area (Å²) in [5.74, 6) is 0.345. The minimum Gasteiger partial charge on any atom is -0.324 e. The third-order valence-electron chi connectivity index (χ3n) is 3.81. The summed E-state index contributed by atoms with van der Waals surface area (Å²) in [6.07, 6.45) is 0.